The van der Waals surface area contributed by atoms with Gasteiger partial charge in [-0.2, -0.15) is 4.72 Å². The van der Waals surface area contributed by atoms with E-state index in [-0.39, 0.29) is 5.03 Å². The summed E-state index contributed by atoms with van der Waals surface area (Å²) < 4.78 is 26.5. The van der Waals surface area contributed by atoms with Crippen LogP contribution in [-0.4, -0.2) is 35.1 Å². The summed E-state index contributed by atoms with van der Waals surface area (Å²) in [6, 6.07) is -1.18. The predicted molar refractivity (Wildman–Crippen MR) is 50.6 cm³/mol. The number of aryl methyl sites for hydroxylation is 1. The Morgan fingerprint density at radius 3 is 2.67 bits per heavy atom. The zero-order valence-electron chi connectivity index (χ0n) is 8.21. The van der Waals surface area contributed by atoms with Crippen LogP contribution in [-0.2, 0) is 21.9 Å². The van der Waals surface area contributed by atoms with E-state index in [2.05, 4.69) is 4.98 Å². The molecule has 0 aliphatic carbocycles. The smallest absolute Gasteiger partial charge is 0.321 e. The van der Waals surface area contributed by atoms with Crippen LogP contribution in [0, 0.1) is 0 Å². The quantitative estimate of drug-likeness (QED) is 0.707. The molecule has 0 radical (unpaired) electrons. The van der Waals surface area contributed by atoms with Gasteiger partial charge in [0.1, 0.15) is 6.04 Å². The van der Waals surface area contributed by atoms with Crippen LogP contribution >= 0.6 is 0 Å². The van der Waals surface area contributed by atoms with E-state index >= 15 is 0 Å². The minimum atomic E-state index is -3.85. The third kappa shape index (κ3) is 2.77. The zero-order chi connectivity index (χ0) is 11.6. The van der Waals surface area contributed by atoms with Crippen LogP contribution in [0.5, 0.6) is 0 Å². The number of hydrogen-bond acceptors (Lipinski definition) is 4. The van der Waals surface area contributed by atoms with Gasteiger partial charge in [-0.15, -0.1) is 0 Å². The highest BCUT2D eigenvalue weighted by molar-refractivity contribution is 7.89. The van der Waals surface area contributed by atoms with E-state index in [1.54, 1.807) is 7.05 Å². The lowest BCUT2D eigenvalue weighted by Gasteiger charge is -2.07. The lowest BCUT2D eigenvalue weighted by molar-refractivity contribution is -0.138. The van der Waals surface area contributed by atoms with Crippen molar-refractivity contribution < 1.29 is 18.3 Å². The first-order valence-corrected chi connectivity index (χ1v) is 5.54. The Morgan fingerprint density at radius 1 is 1.67 bits per heavy atom. The van der Waals surface area contributed by atoms with Gasteiger partial charge in [-0.3, -0.25) is 4.79 Å². The van der Waals surface area contributed by atoms with Crippen LogP contribution in [0.1, 0.15) is 6.92 Å². The number of aromatic nitrogens is 2. The van der Waals surface area contributed by atoms with Gasteiger partial charge in [0.05, 0.1) is 6.33 Å². The third-order valence-corrected chi connectivity index (χ3v) is 3.08. The molecule has 0 fully saturated rings. The van der Waals surface area contributed by atoms with Gasteiger partial charge in [0.25, 0.3) is 10.0 Å². The maximum Gasteiger partial charge on any atom is 0.321 e. The molecule has 7 nitrogen and oxygen atoms in total. The first-order valence-electron chi connectivity index (χ1n) is 4.06. The summed E-state index contributed by atoms with van der Waals surface area (Å²) in [4.78, 5) is 14.1. The molecule has 0 aliphatic heterocycles. The molecule has 0 aliphatic rings. The summed E-state index contributed by atoms with van der Waals surface area (Å²) >= 11 is 0. The fraction of sp³-hybridized carbons (Fsp3) is 0.429. The predicted octanol–water partition coefficient (Wildman–Crippen LogP) is -0.828. The largest absolute Gasteiger partial charge is 0.480 e. The summed E-state index contributed by atoms with van der Waals surface area (Å²) in [6.07, 6.45) is 2.61. The number of aliphatic carboxylic acids is 1. The average Bonchev–Trinajstić information content (AvgIpc) is 2.51. The number of rotatable bonds is 4. The van der Waals surface area contributed by atoms with E-state index in [1.165, 1.54) is 24.0 Å². The summed E-state index contributed by atoms with van der Waals surface area (Å²) in [5.74, 6) is -1.24. The lowest BCUT2D eigenvalue weighted by atomic mass is 10.4. The van der Waals surface area contributed by atoms with Crippen LogP contribution in [0.15, 0.2) is 17.6 Å². The van der Waals surface area contributed by atoms with Gasteiger partial charge in [-0.25, -0.2) is 13.4 Å². The van der Waals surface area contributed by atoms with Crippen molar-refractivity contribution in [3.8, 4) is 0 Å². The minimum absolute atomic E-state index is 0.196. The normalized spacial score (nSPS) is 13.7. The van der Waals surface area contributed by atoms with Crippen LogP contribution < -0.4 is 4.72 Å². The molecule has 0 aromatic carbocycles. The SMILES string of the molecule is C[C@H](NS(=O)(=O)c1cn(C)cn1)C(=O)O. The molecule has 8 heteroatoms. The van der Waals surface area contributed by atoms with Crippen molar-refractivity contribution in [1.29, 1.82) is 0 Å². The Labute approximate surface area is 86.8 Å². The number of hydrogen-bond donors (Lipinski definition) is 2. The Balaban J connectivity index is 2.90. The molecular formula is C7H11N3O4S. The molecule has 1 aromatic heterocycles. The van der Waals surface area contributed by atoms with E-state index in [0.717, 1.165) is 0 Å². The molecule has 0 saturated heterocycles. The van der Waals surface area contributed by atoms with Crippen molar-refractivity contribution in [2.45, 2.75) is 18.0 Å². The Hall–Kier alpha value is -1.41. The van der Waals surface area contributed by atoms with Crippen molar-refractivity contribution in [3.05, 3.63) is 12.5 Å². The Morgan fingerprint density at radius 2 is 2.27 bits per heavy atom. The molecule has 0 amide bonds. The van der Waals surface area contributed by atoms with Gasteiger partial charge in [-0.05, 0) is 6.92 Å². The molecular weight excluding hydrogens is 222 g/mol. The van der Waals surface area contributed by atoms with Crippen LogP contribution in [0.25, 0.3) is 0 Å². The van der Waals surface area contributed by atoms with E-state index < -0.39 is 22.0 Å². The fourth-order valence-corrected chi connectivity index (χ4v) is 2.05. The highest BCUT2D eigenvalue weighted by Crippen LogP contribution is 2.04. The average molecular weight is 233 g/mol. The summed E-state index contributed by atoms with van der Waals surface area (Å²) in [6.45, 7) is 1.24. The van der Waals surface area contributed by atoms with Crippen molar-refractivity contribution in [3.63, 3.8) is 0 Å². The molecule has 15 heavy (non-hydrogen) atoms. The Bertz CT molecular complexity index is 464. The summed E-state index contributed by atoms with van der Waals surface area (Å²) in [5.41, 5.74) is 0. The van der Waals surface area contributed by atoms with E-state index in [1.807, 2.05) is 4.72 Å². The van der Waals surface area contributed by atoms with Crippen molar-refractivity contribution in [2.75, 3.05) is 0 Å². The van der Waals surface area contributed by atoms with Crippen molar-refractivity contribution >= 4 is 16.0 Å². The highest BCUT2D eigenvalue weighted by atomic mass is 32.2. The maximum absolute atomic E-state index is 11.5. The molecule has 84 valence electrons. The van der Waals surface area contributed by atoms with E-state index in [9.17, 15) is 13.2 Å². The molecule has 1 atom stereocenters. The van der Waals surface area contributed by atoms with Gasteiger partial charge in [-0.1, -0.05) is 0 Å². The number of nitrogens with one attached hydrogen (secondary N) is 1. The minimum Gasteiger partial charge on any atom is -0.480 e. The first-order chi connectivity index (χ1) is 6.83. The summed E-state index contributed by atoms with van der Waals surface area (Å²) in [7, 11) is -2.23. The van der Waals surface area contributed by atoms with Crippen LogP contribution in [0.3, 0.4) is 0 Å². The van der Waals surface area contributed by atoms with Crippen LogP contribution in [0.2, 0.25) is 0 Å². The lowest BCUT2D eigenvalue weighted by Crippen LogP contribution is -2.38. The molecule has 0 bridgehead atoms. The van der Waals surface area contributed by atoms with E-state index in [4.69, 9.17) is 5.11 Å². The number of carbonyl (C=O) groups is 1. The summed E-state index contributed by atoms with van der Waals surface area (Å²) in [5, 5.41) is 8.35. The van der Waals surface area contributed by atoms with E-state index in [0.29, 0.717) is 0 Å². The highest BCUT2D eigenvalue weighted by Gasteiger charge is 2.23. The van der Waals surface area contributed by atoms with Gasteiger partial charge in [0.15, 0.2) is 5.03 Å². The monoisotopic (exact) mass is 233 g/mol. The number of nitrogens with zero attached hydrogens (tertiary/aromatic N) is 2. The zero-order valence-corrected chi connectivity index (χ0v) is 9.02. The second-order valence-corrected chi connectivity index (χ2v) is 4.72. The molecule has 1 rings (SSSR count). The molecule has 0 saturated carbocycles. The standard InChI is InChI=1S/C7H11N3O4S/c1-5(7(11)12)9-15(13,14)6-3-10(2)4-8-6/h3-5,9H,1-2H3,(H,11,12)/t5-/m0/s1. The molecule has 0 spiro atoms. The molecule has 2 N–H and O–H groups in total. The topological polar surface area (TPSA) is 101 Å². The van der Waals surface area contributed by atoms with Gasteiger partial charge in [0, 0.05) is 13.2 Å². The molecule has 0 unspecified atom stereocenters. The number of carboxylic acid groups (broad SMARTS) is 1. The van der Waals surface area contributed by atoms with Gasteiger partial charge in [0.2, 0.25) is 0 Å². The second-order valence-electron chi connectivity index (χ2n) is 3.06. The fourth-order valence-electron chi connectivity index (χ4n) is 0.871. The van der Waals surface area contributed by atoms with Gasteiger partial charge >= 0.3 is 5.97 Å². The van der Waals surface area contributed by atoms with Gasteiger partial charge < -0.3 is 9.67 Å². The van der Waals surface area contributed by atoms with Crippen LogP contribution in [0.4, 0.5) is 0 Å². The number of imidazole rings is 1. The number of carboxylic acids is 1. The Kier molecular flexibility index (Phi) is 3.10. The van der Waals surface area contributed by atoms with Crippen molar-refractivity contribution in [2.24, 2.45) is 7.05 Å². The van der Waals surface area contributed by atoms with Crippen molar-refractivity contribution in [1.82, 2.24) is 14.3 Å². The maximum atomic E-state index is 11.5. The first kappa shape index (κ1) is 11.7. The molecule has 1 aromatic rings. The third-order valence-electron chi connectivity index (χ3n) is 1.66. The number of sulfonamides is 1. The molecule has 1 heterocycles. The second kappa shape index (κ2) is 3.99.